The van der Waals surface area contributed by atoms with Crippen molar-refractivity contribution in [1.82, 2.24) is 9.78 Å². The van der Waals surface area contributed by atoms with E-state index in [1.54, 1.807) is 18.2 Å². The average molecular weight is 477 g/mol. The highest BCUT2D eigenvalue weighted by atomic mass is 35.5. The van der Waals surface area contributed by atoms with Crippen LogP contribution in [0.2, 0.25) is 15.1 Å². The quantitative estimate of drug-likeness (QED) is 0.471. The van der Waals surface area contributed by atoms with Gasteiger partial charge in [0.2, 0.25) is 0 Å². The summed E-state index contributed by atoms with van der Waals surface area (Å²) in [5.74, 6) is -0.674. The number of hydrogen-bond donors (Lipinski definition) is 1. The van der Waals surface area contributed by atoms with Crippen molar-refractivity contribution in [1.29, 1.82) is 0 Å². The van der Waals surface area contributed by atoms with E-state index in [1.807, 2.05) is 0 Å². The van der Waals surface area contributed by atoms with E-state index >= 15 is 0 Å². The molecule has 2 aromatic carbocycles. The van der Waals surface area contributed by atoms with Gasteiger partial charge in [0.15, 0.2) is 17.3 Å². The fraction of sp³-hybridized carbons (Fsp3) is 0.158. The second-order valence-corrected chi connectivity index (χ2v) is 7.14. The molecule has 11 heteroatoms. The van der Waals surface area contributed by atoms with Crippen LogP contribution in [0.3, 0.4) is 0 Å². The number of methoxy groups -OCH3 is 1. The van der Waals surface area contributed by atoms with Crippen LogP contribution in [0.15, 0.2) is 42.6 Å². The largest absolute Gasteiger partial charge is 0.493 e. The Morgan fingerprint density at radius 1 is 1.13 bits per heavy atom. The number of nitrogens with zero attached hydrogens (tertiary/aromatic N) is 2. The molecule has 30 heavy (non-hydrogen) atoms. The molecule has 1 heterocycles. The minimum Gasteiger partial charge on any atom is -0.493 e. The number of nitrogens with one attached hydrogen (secondary N) is 1. The van der Waals surface area contributed by atoms with Crippen molar-refractivity contribution in [3.8, 4) is 11.5 Å². The van der Waals surface area contributed by atoms with Gasteiger partial charge in [-0.25, -0.2) is 0 Å². The Labute approximate surface area is 185 Å². The fourth-order valence-corrected chi connectivity index (χ4v) is 3.30. The summed E-state index contributed by atoms with van der Waals surface area (Å²) < 4.78 is 35.7. The first-order valence-electron chi connectivity index (χ1n) is 8.38. The molecule has 0 aliphatic heterocycles. The molecule has 0 unspecified atom stereocenters. The van der Waals surface area contributed by atoms with E-state index in [-0.39, 0.29) is 34.4 Å². The van der Waals surface area contributed by atoms with Crippen LogP contribution in [0.1, 0.15) is 15.9 Å². The molecular weight excluding hydrogens is 463 g/mol. The second kappa shape index (κ2) is 9.51. The lowest BCUT2D eigenvalue weighted by Crippen LogP contribution is -2.14. The minimum absolute atomic E-state index is 0.0204. The number of benzene rings is 2. The Morgan fingerprint density at radius 3 is 2.47 bits per heavy atom. The molecule has 0 aliphatic rings. The molecule has 6 nitrogen and oxygen atoms in total. The summed E-state index contributed by atoms with van der Waals surface area (Å²) in [7, 11) is 1.27. The van der Waals surface area contributed by atoms with Crippen molar-refractivity contribution >= 4 is 46.5 Å². The van der Waals surface area contributed by atoms with Gasteiger partial charge in [-0.3, -0.25) is 9.48 Å². The monoisotopic (exact) mass is 475 g/mol. The first-order valence-corrected chi connectivity index (χ1v) is 9.52. The molecule has 0 spiro atoms. The van der Waals surface area contributed by atoms with Crippen LogP contribution in [0.5, 0.6) is 11.5 Å². The van der Waals surface area contributed by atoms with Gasteiger partial charge in [-0.1, -0.05) is 40.9 Å². The summed E-state index contributed by atoms with van der Waals surface area (Å²) in [5.41, 5.74) is 0.783. The van der Waals surface area contributed by atoms with Gasteiger partial charge in [-0.15, -0.1) is 0 Å². The van der Waals surface area contributed by atoms with Crippen molar-refractivity contribution in [2.75, 3.05) is 12.4 Å². The number of hydrogen-bond acceptors (Lipinski definition) is 4. The summed E-state index contributed by atoms with van der Waals surface area (Å²) in [6.07, 6.45) is 1.51. The molecule has 0 fully saturated rings. The number of carbonyl (C=O) groups excluding carboxylic acids is 1. The summed E-state index contributed by atoms with van der Waals surface area (Å²) in [4.78, 5) is 12.5. The number of halogens is 5. The summed E-state index contributed by atoms with van der Waals surface area (Å²) >= 11 is 18.5. The van der Waals surface area contributed by atoms with Crippen molar-refractivity contribution in [2.45, 2.75) is 13.2 Å². The molecule has 3 rings (SSSR count). The topological polar surface area (TPSA) is 65.4 Å². The average Bonchev–Trinajstić information content (AvgIpc) is 3.03. The molecule has 1 aromatic heterocycles. The number of anilines is 1. The molecule has 0 saturated heterocycles. The highest BCUT2D eigenvalue weighted by molar-refractivity contribution is 6.36. The fourth-order valence-electron chi connectivity index (χ4n) is 2.59. The van der Waals surface area contributed by atoms with Gasteiger partial charge >= 0.3 is 6.61 Å². The van der Waals surface area contributed by atoms with Crippen LogP contribution in [-0.2, 0) is 6.54 Å². The molecular formula is C19H14Cl3F2N3O3. The predicted octanol–water partition coefficient (Wildman–Crippen LogP) is 5.75. The summed E-state index contributed by atoms with van der Waals surface area (Å²) in [5, 5.41) is 7.92. The van der Waals surface area contributed by atoms with E-state index in [0.29, 0.717) is 15.6 Å². The highest BCUT2D eigenvalue weighted by Crippen LogP contribution is 2.30. The van der Waals surface area contributed by atoms with Gasteiger partial charge in [0.05, 0.1) is 13.7 Å². The van der Waals surface area contributed by atoms with Gasteiger partial charge in [0.1, 0.15) is 5.02 Å². The molecule has 1 amide bonds. The second-order valence-electron chi connectivity index (χ2n) is 5.92. The number of amides is 1. The number of alkyl halides is 2. The maximum Gasteiger partial charge on any atom is 0.387 e. The highest BCUT2D eigenvalue weighted by Gasteiger charge is 2.17. The minimum atomic E-state index is -3.02. The van der Waals surface area contributed by atoms with Gasteiger partial charge in [0, 0.05) is 27.4 Å². The zero-order valence-corrected chi connectivity index (χ0v) is 17.6. The number of aromatic nitrogens is 2. The number of carbonyl (C=O) groups is 1. The van der Waals surface area contributed by atoms with Crippen molar-refractivity contribution in [2.24, 2.45) is 0 Å². The van der Waals surface area contributed by atoms with Crippen LogP contribution >= 0.6 is 34.8 Å². The van der Waals surface area contributed by atoms with E-state index in [0.717, 1.165) is 0 Å². The summed E-state index contributed by atoms with van der Waals surface area (Å²) in [6, 6.07) is 8.91. The van der Waals surface area contributed by atoms with Gasteiger partial charge < -0.3 is 14.8 Å². The molecule has 0 bridgehead atoms. The van der Waals surface area contributed by atoms with E-state index in [4.69, 9.17) is 39.5 Å². The van der Waals surface area contributed by atoms with Crippen LogP contribution in [0.4, 0.5) is 14.6 Å². The normalized spacial score (nSPS) is 10.9. The molecule has 0 saturated carbocycles. The van der Waals surface area contributed by atoms with Crippen LogP contribution in [0.25, 0.3) is 0 Å². The third kappa shape index (κ3) is 5.13. The Morgan fingerprint density at radius 2 is 1.83 bits per heavy atom. The molecule has 3 aromatic rings. The molecule has 0 aliphatic carbocycles. The zero-order chi connectivity index (χ0) is 21.8. The zero-order valence-electron chi connectivity index (χ0n) is 15.3. The van der Waals surface area contributed by atoms with Gasteiger partial charge in [-0.2, -0.15) is 13.9 Å². The first-order chi connectivity index (χ1) is 14.3. The van der Waals surface area contributed by atoms with E-state index < -0.39 is 12.5 Å². The lowest BCUT2D eigenvalue weighted by molar-refractivity contribution is -0.0512. The maximum absolute atomic E-state index is 12.5. The van der Waals surface area contributed by atoms with Crippen LogP contribution < -0.4 is 14.8 Å². The van der Waals surface area contributed by atoms with Crippen molar-refractivity contribution in [3.63, 3.8) is 0 Å². The SMILES string of the molecule is COc1cc(C(=O)Nc2nn(Cc3c(Cl)cccc3Cl)cc2Cl)ccc1OC(F)F. The molecule has 0 atom stereocenters. The van der Waals surface area contributed by atoms with Crippen molar-refractivity contribution < 1.29 is 23.0 Å². The van der Waals surface area contributed by atoms with E-state index in [1.165, 1.54) is 36.2 Å². The molecule has 1 N–H and O–H groups in total. The van der Waals surface area contributed by atoms with Gasteiger partial charge in [0.25, 0.3) is 5.91 Å². The Kier molecular flexibility index (Phi) is 7.02. The predicted molar refractivity (Wildman–Crippen MR) is 110 cm³/mol. The number of ether oxygens (including phenoxy) is 2. The third-order valence-corrected chi connectivity index (χ3v) is 4.96. The molecule has 158 valence electrons. The van der Waals surface area contributed by atoms with Crippen LogP contribution in [-0.4, -0.2) is 29.4 Å². The first kappa shape index (κ1) is 22.1. The molecule has 0 radical (unpaired) electrons. The van der Waals surface area contributed by atoms with Crippen molar-refractivity contribution in [3.05, 3.63) is 68.8 Å². The Bertz CT molecular complexity index is 1060. The lowest BCUT2D eigenvalue weighted by atomic mass is 10.2. The smallest absolute Gasteiger partial charge is 0.387 e. The Balaban J connectivity index is 1.77. The van der Waals surface area contributed by atoms with Gasteiger partial charge in [-0.05, 0) is 30.3 Å². The van der Waals surface area contributed by atoms with E-state index in [9.17, 15) is 13.6 Å². The Hall–Kier alpha value is -2.55. The lowest BCUT2D eigenvalue weighted by Gasteiger charge is -2.11. The third-order valence-electron chi connectivity index (χ3n) is 3.97. The van der Waals surface area contributed by atoms with Crippen LogP contribution in [0, 0.1) is 0 Å². The standard InChI is InChI=1S/C19H14Cl3F2N3O3/c1-29-16-7-10(5-6-15(16)30-19(23)24)18(28)25-17-14(22)9-27(26-17)8-11-12(20)3-2-4-13(11)21/h2-7,9,19H,8H2,1H3,(H,25,26,28). The van der Waals surface area contributed by atoms with E-state index in [2.05, 4.69) is 15.2 Å². The summed E-state index contributed by atoms with van der Waals surface area (Å²) in [6.45, 7) is -2.78. The number of rotatable bonds is 7. The maximum atomic E-state index is 12.5.